The van der Waals surface area contributed by atoms with Gasteiger partial charge in [0.05, 0.1) is 12.1 Å². The highest BCUT2D eigenvalue weighted by Crippen LogP contribution is 2.00. The molecule has 0 unspecified atom stereocenters. The van der Waals surface area contributed by atoms with Crippen molar-refractivity contribution in [2.24, 2.45) is 7.05 Å². The van der Waals surface area contributed by atoms with Gasteiger partial charge < -0.3 is 5.32 Å². The fourth-order valence-corrected chi connectivity index (χ4v) is 1.31. The van der Waals surface area contributed by atoms with Gasteiger partial charge in [-0.05, 0) is 26.1 Å². The maximum absolute atomic E-state index is 11.4. The fraction of sp³-hybridized carbons (Fsp3) is 0.600. The van der Waals surface area contributed by atoms with Crippen LogP contribution in [0.5, 0.6) is 0 Å². The zero-order chi connectivity index (χ0) is 10.4. The summed E-state index contributed by atoms with van der Waals surface area (Å²) in [6, 6.07) is 1.88. The summed E-state index contributed by atoms with van der Waals surface area (Å²) in [5.74, 6) is 0.263. The molecule has 4 heteroatoms. The molecular weight excluding hydrogens is 178 g/mol. The highest BCUT2D eigenvalue weighted by molar-refractivity contribution is 5.80. The minimum absolute atomic E-state index is 0.263. The van der Waals surface area contributed by atoms with Crippen molar-refractivity contribution in [1.82, 2.24) is 15.1 Å². The largest absolute Gasteiger partial charge is 0.320 e. The highest BCUT2D eigenvalue weighted by atomic mass is 16.1. The van der Waals surface area contributed by atoms with Gasteiger partial charge in [0.15, 0.2) is 0 Å². The summed E-state index contributed by atoms with van der Waals surface area (Å²) < 4.78 is 1.72. The van der Waals surface area contributed by atoms with E-state index in [1.807, 2.05) is 26.4 Å². The van der Waals surface area contributed by atoms with Crippen molar-refractivity contribution in [1.29, 1.82) is 0 Å². The third-order valence-electron chi connectivity index (χ3n) is 2.03. The Morgan fingerprint density at radius 1 is 1.64 bits per heavy atom. The lowest BCUT2D eigenvalue weighted by Crippen LogP contribution is -2.11. The summed E-state index contributed by atoms with van der Waals surface area (Å²) in [5, 5.41) is 7.18. The highest BCUT2D eigenvalue weighted by Gasteiger charge is 2.05. The summed E-state index contributed by atoms with van der Waals surface area (Å²) in [5.41, 5.74) is 0.863. The fourth-order valence-electron chi connectivity index (χ4n) is 1.31. The van der Waals surface area contributed by atoms with Crippen LogP contribution in [0.4, 0.5) is 0 Å². The maximum Gasteiger partial charge on any atom is 0.138 e. The van der Waals surface area contributed by atoms with Gasteiger partial charge >= 0.3 is 0 Å². The Labute approximate surface area is 84.3 Å². The summed E-state index contributed by atoms with van der Waals surface area (Å²) in [4.78, 5) is 11.4. The van der Waals surface area contributed by atoms with Gasteiger partial charge in [0.2, 0.25) is 0 Å². The summed E-state index contributed by atoms with van der Waals surface area (Å²) in [6.45, 7) is 0.897. The Kier molecular flexibility index (Phi) is 4.32. The maximum atomic E-state index is 11.4. The Morgan fingerprint density at radius 2 is 2.43 bits per heavy atom. The quantitative estimate of drug-likeness (QED) is 0.674. The van der Waals surface area contributed by atoms with Gasteiger partial charge in [0.25, 0.3) is 0 Å². The van der Waals surface area contributed by atoms with E-state index in [2.05, 4.69) is 10.4 Å². The average molecular weight is 195 g/mol. The van der Waals surface area contributed by atoms with E-state index in [9.17, 15) is 4.79 Å². The zero-order valence-electron chi connectivity index (χ0n) is 8.79. The molecule has 0 amide bonds. The molecule has 0 aliphatic rings. The number of aromatic nitrogens is 2. The number of carbonyl (C=O) groups is 1. The van der Waals surface area contributed by atoms with Crippen LogP contribution < -0.4 is 5.32 Å². The second-order valence-electron chi connectivity index (χ2n) is 3.40. The average Bonchev–Trinajstić information content (AvgIpc) is 2.52. The van der Waals surface area contributed by atoms with Crippen molar-refractivity contribution in [2.75, 3.05) is 13.6 Å². The van der Waals surface area contributed by atoms with Crippen LogP contribution in [-0.2, 0) is 18.3 Å². The van der Waals surface area contributed by atoms with E-state index in [0.29, 0.717) is 12.8 Å². The van der Waals surface area contributed by atoms with Crippen LogP contribution in [0.1, 0.15) is 18.5 Å². The molecule has 0 fully saturated rings. The molecule has 0 atom stereocenters. The molecule has 0 aromatic carbocycles. The minimum Gasteiger partial charge on any atom is -0.320 e. The van der Waals surface area contributed by atoms with Gasteiger partial charge in [-0.1, -0.05) is 0 Å². The smallest absolute Gasteiger partial charge is 0.138 e. The van der Waals surface area contributed by atoms with Crippen LogP contribution in [0.25, 0.3) is 0 Å². The first kappa shape index (κ1) is 10.9. The van der Waals surface area contributed by atoms with E-state index >= 15 is 0 Å². The molecule has 14 heavy (non-hydrogen) atoms. The number of carbonyl (C=O) groups excluding carboxylic acids is 1. The van der Waals surface area contributed by atoms with Gasteiger partial charge in [0.1, 0.15) is 5.78 Å². The van der Waals surface area contributed by atoms with E-state index < -0.39 is 0 Å². The first-order chi connectivity index (χ1) is 6.72. The van der Waals surface area contributed by atoms with Crippen molar-refractivity contribution in [3.05, 3.63) is 18.0 Å². The van der Waals surface area contributed by atoms with Crippen LogP contribution in [0.2, 0.25) is 0 Å². The lowest BCUT2D eigenvalue weighted by Gasteiger charge is -1.98. The van der Waals surface area contributed by atoms with Crippen LogP contribution in [0, 0.1) is 0 Å². The molecule has 4 nitrogen and oxygen atoms in total. The Hall–Kier alpha value is -1.16. The SMILES string of the molecule is CNCCCC(=O)Cc1ccn(C)n1. The molecule has 0 saturated carbocycles. The lowest BCUT2D eigenvalue weighted by atomic mass is 10.1. The molecule has 1 aromatic rings. The molecule has 0 aliphatic heterocycles. The Bertz CT molecular complexity index is 293. The number of hydrogen-bond donors (Lipinski definition) is 1. The van der Waals surface area contributed by atoms with E-state index in [4.69, 9.17) is 0 Å². The van der Waals surface area contributed by atoms with Crippen LogP contribution >= 0.6 is 0 Å². The normalized spacial score (nSPS) is 10.4. The second-order valence-corrected chi connectivity index (χ2v) is 3.40. The third kappa shape index (κ3) is 3.70. The van der Waals surface area contributed by atoms with Crippen LogP contribution in [0.15, 0.2) is 12.3 Å². The number of Topliss-reactive ketones (excluding diaryl/α,β-unsaturated/α-hetero) is 1. The van der Waals surface area contributed by atoms with Gasteiger partial charge in [0, 0.05) is 19.7 Å². The van der Waals surface area contributed by atoms with Gasteiger partial charge in [-0.15, -0.1) is 0 Å². The van der Waals surface area contributed by atoms with E-state index in [1.165, 1.54) is 0 Å². The first-order valence-corrected chi connectivity index (χ1v) is 4.87. The number of nitrogens with one attached hydrogen (secondary N) is 1. The number of hydrogen-bond acceptors (Lipinski definition) is 3. The predicted octanol–water partition coefficient (Wildman–Crippen LogP) is 0.531. The van der Waals surface area contributed by atoms with Crippen molar-refractivity contribution in [3.8, 4) is 0 Å². The predicted molar refractivity (Wildman–Crippen MR) is 55.1 cm³/mol. The van der Waals surface area contributed by atoms with E-state index in [-0.39, 0.29) is 5.78 Å². The summed E-state index contributed by atoms with van der Waals surface area (Å²) in [7, 11) is 3.75. The van der Waals surface area contributed by atoms with Crippen LogP contribution in [0.3, 0.4) is 0 Å². The number of ketones is 1. The second kappa shape index (κ2) is 5.54. The topological polar surface area (TPSA) is 46.9 Å². The molecule has 0 aliphatic carbocycles. The minimum atomic E-state index is 0.263. The molecule has 1 rings (SSSR count). The lowest BCUT2D eigenvalue weighted by molar-refractivity contribution is -0.118. The number of nitrogens with zero attached hydrogens (tertiary/aromatic N) is 2. The molecule has 0 saturated heterocycles. The van der Waals surface area contributed by atoms with Crippen molar-refractivity contribution < 1.29 is 4.79 Å². The van der Waals surface area contributed by atoms with E-state index in [1.54, 1.807) is 4.68 Å². The molecular formula is C10H17N3O. The first-order valence-electron chi connectivity index (χ1n) is 4.87. The van der Waals surface area contributed by atoms with Gasteiger partial charge in [-0.2, -0.15) is 5.10 Å². The van der Waals surface area contributed by atoms with Gasteiger partial charge in [-0.3, -0.25) is 9.48 Å². The number of aryl methyl sites for hydroxylation is 1. The van der Waals surface area contributed by atoms with Gasteiger partial charge in [-0.25, -0.2) is 0 Å². The Balaban J connectivity index is 2.27. The zero-order valence-corrected chi connectivity index (χ0v) is 8.79. The summed E-state index contributed by atoms with van der Waals surface area (Å²) in [6.07, 6.45) is 3.86. The molecule has 1 aromatic heterocycles. The van der Waals surface area contributed by atoms with Crippen LogP contribution in [-0.4, -0.2) is 29.2 Å². The monoisotopic (exact) mass is 195 g/mol. The number of rotatable bonds is 6. The summed E-state index contributed by atoms with van der Waals surface area (Å²) >= 11 is 0. The molecule has 1 heterocycles. The van der Waals surface area contributed by atoms with Crippen molar-refractivity contribution in [3.63, 3.8) is 0 Å². The van der Waals surface area contributed by atoms with Crippen molar-refractivity contribution in [2.45, 2.75) is 19.3 Å². The molecule has 1 N–H and O–H groups in total. The molecule has 0 spiro atoms. The Morgan fingerprint density at radius 3 is 3.00 bits per heavy atom. The van der Waals surface area contributed by atoms with Crippen molar-refractivity contribution >= 4 is 5.78 Å². The third-order valence-corrected chi connectivity index (χ3v) is 2.03. The molecule has 0 bridgehead atoms. The van der Waals surface area contributed by atoms with E-state index in [0.717, 1.165) is 18.7 Å². The molecule has 78 valence electrons. The standard InChI is InChI=1S/C10H17N3O/c1-11-6-3-4-10(14)8-9-5-7-13(2)12-9/h5,7,11H,3-4,6,8H2,1-2H3. The molecule has 0 radical (unpaired) electrons.